The fraction of sp³-hybridized carbons (Fsp3) is 0.857. The molecule has 4 nitrogen and oxygen atoms in total. The van der Waals surface area contributed by atoms with Gasteiger partial charge in [0, 0.05) is 6.54 Å². The summed E-state index contributed by atoms with van der Waals surface area (Å²) in [6.45, 7) is 2.88. The maximum atomic E-state index is 12.0. The largest absolute Gasteiger partial charge is 0.480 e. The molecule has 0 aliphatic heterocycles. The molecule has 2 unspecified atom stereocenters. The summed E-state index contributed by atoms with van der Waals surface area (Å²) in [6.07, 6.45) is 6.73. The lowest BCUT2D eigenvalue weighted by Crippen LogP contribution is -2.52. The SMILES string of the molecule is CC1CCCCC1CNC(=O)C1(C(=O)O)CCC1. The molecule has 2 fully saturated rings. The van der Waals surface area contributed by atoms with Crippen LogP contribution in [0.25, 0.3) is 0 Å². The van der Waals surface area contributed by atoms with E-state index in [0.717, 1.165) is 12.8 Å². The van der Waals surface area contributed by atoms with E-state index in [0.29, 0.717) is 31.2 Å². The molecule has 0 saturated heterocycles. The summed E-state index contributed by atoms with van der Waals surface area (Å²) in [6, 6.07) is 0. The quantitative estimate of drug-likeness (QED) is 0.755. The minimum atomic E-state index is -1.11. The molecule has 0 aromatic rings. The minimum absolute atomic E-state index is 0.265. The number of nitrogens with one attached hydrogen (secondary N) is 1. The number of hydrogen-bond donors (Lipinski definition) is 2. The minimum Gasteiger partial charge on any atom is -0.480 e. The van der Waals surface area contributed by atoms with Gasteiger partial charge in [0.25, 0.3) is 0 Å². The molecule has 0 spiro atoms. The van der Waals surface area contributed by atoms with Gasteiger partial charge in [-0.05, 0) is 31.1 Å². The fourth-order valence-corrected chi connectivity index (χ4v) is 3.16. The summed E-state index contributed by atoms with van der Waals surface area (Å²) in [5.74, 6) is -0.0585. The maximum Gasteiger partial charge on any atom is 0.319 e. The van der Waals surface area contributed by atoms with Gasteiger partial charge in [-0.25, -0.2) is 0 Å². The van der Waals surface area contributed by atoms with Crippen molar-refractivity contribution < 1.29 is 14.7 Å². The van der Waals surface area contributed by atoms with Crippen molar-refractivity contribution in [1.82, 2.24) is 5.32 Å². The highest BCUT2D eigenvalue weighted by molar-refractivity contribution is 6.02. The summed E-state index contributed by atoms with van der Waals surface area (Å²) in [5.41, 5.74) is -1.11. The topological polar surface area (TPSA) is 66.4 Å². The fourth-order valence-electron chi connectivity index (χ4n) is 3.16. The number of carboxylic acid groups (broad SMARTS) is 1. The van der Waals surface area contributed by atoms with Crippen LogP contribution in [0, 0.1) is 17.3 Å². The van der Waals surface area contributed by atoms with Gasteiger partial charge in [0.15, 0.2) is 0 Å². The van der Waals surface area contributed by atoms with Crippen molar-refractivity contribution in [1.29, 1.82) is 0 Å². The highest BCUT2D eigenvalue weighted by Gasteiger charge is 2.51. The van der Waals surface area contributed by atoms with Gasteiger partial charge in [-0.15, -0.1) is 0 Å². The van der Waals surface area contributed by atoms with Crippen molar-refractivity contribution >= 4 is 11.9 Å². The number of hydrogen-bond acceptors (Lipinski definition) is 2. The van der Waals surface area contributed by atoms with Crippen molar-refractivity contribution in [2.45, 2.75) is 51.9 Å². The Morgan fingerprint density at radius 2 is 1.89 bits per heavy atom. The Hall–Kier alpha value is -1.06. The van der Waals surface area contributed by atoms with Crippen molar-refractivity contribution in [2.75, 3.05) is 6.54 Å². The monoisotopic (exact) mass is 253 g/mol. The molecule has 0 radical (unpaired) electrons. The van der Waals surface area contributed by atoms with Crippen LogP contribution in [-0.2, 0) is 9.59 Å². The molecule has 0 heterocycles. The van der Waals surface area contributed by atoms with E-state index in [4.69, 9.17) is 0 Å². The molecule has 2 N–H and O–H groups in total. The Balaban J connectivity index is 1.86. The van der Waals surface area contributed by atoms with Gasteiger partial charge < -0.3 is 10.4 Å². The molecule has 0 aromatic heterocycles. The first-order chi connectivity index (χ1) is 8.56. The third-order valence-electron chi connectivity index (χ3n) is 4.87. The molecule has 2 atom stereocenters. The normalized spacial score (nSPS) is 30.3. The second-order valence-electron chi connectivity index (χ2n) is 5.97. The zero-order valence-corrected chi connectivity index (χ0v) is 11.1. The zero-order chi connectivity index (χ0) is 13.2. The first kappa shape index (κ1) is 13.4. The number of carbonyl (C=O) groups is 2. The van der Waals surface area contributed by atoms with Gasteiger partial charge in [0.05, 0.1) is 0 Å². The van der Waals surface area contributed by atoms with E-state index < -0.39 is 11.4 Å². The molecule has 2 aliphatic carbocycles. The first-order valence-electron chi connectivity index (χ1n) is 7.08. The van der Waals surface area contributed by atoms with Crippen molar-refractivity contribution in [3.8, 4) is 0 Å². The van der Waals surface area contributed by atoms with Crippen LogP contribution in [-0.4, -0.2) is 23.5 Å². The van der Waals surface area contributed by atoms with E-state index >= 15 is 0 Å². The van der Waals surface area contributed by atoms with Crippen molar-refractivity contribution in [3.63, 3.8) is 0 Å². The smallest absolute Gasteiger partial charge is 0.319 e. The van der Waals surface area contributed by atoms with E-state index in [1.54, 1.807) is 0 Å². The van der Waals surface area contributed by atoms with Crippen LogP contribution in [0.4, 0.5) is 0 Å². The predicted molar refractivity (Wildman–Crippen MR) is 68.1 cm³/mol. The van der Waals surface area contributed by atoms with Gasteiger partial charge >= 0.3 is 5.97 Å². The lowest BCUT2D eigenvalue weighted by atomic mass is 9.68. The third kappa shape index (κ3) is 2.38. The number of carboxylic acids is 1. The Kier molecular flexibility index (Phi) is 3.93. The third-order valence-corrected chi connectivity index (χ3v) is 4.87. The molecule has 102 valence electrons. The van der Waals surface area contributed by atoms with Crippen LogP contribution in [0.15, 0.2) is 0 Å². The van der Waals surface area contributed by atoms with Crippen LogP contribution in [0.2, 0.25) is 0 Å². The summed E-state index contributed by atoms with van der Waals surface area (Å²) in [4.78, 5) is 23.2. The first-order valence-corrected chi connectivity index (χ1v) is 7.08. The zero-order valence-electron chi connectivity index (χ0n) is 11.1. The van der Waals surface area contributed by atoms with Crippen molar-refractivity contribution in [3.05, 3.63) is 0 Å². The lowest BCUT2D eigenvalue weighted by molar-refractivity contribution is -0.162. The van der Waals surface area contributed by atoms with E-state index in [1.165, 1.54) is 19.3 Å². The van der Waals surface area contributed by atoms with E-state index in [1.807, 2.05) is 0 Å². The molecule has 0 aromatic carbocycles. The van der Waals surface area contributed by atoms with Crippen LogP contribution in [0.5, 0.6) is 0 Å². The molecule has 18 heavy (non-hydrogen) atoms. The van der Waals surface area contributed by atoms with Crippen LogP contribution < -0.4 is 5.32 Å². The molecule has 2 rings (SSSR count). The van der Waals surface area contributed by atoms with Gasteiger partial charge in [-0.1, -0.05) is 32.6 Å². The van der Waals surface area contributed by atoms with Gasteiger partial charge in [-0.3, -0.25) is 9.59 Å². The standard InChI is InChI=1S/C14H23NO3/c1-10-5-2-3-6-11(10)9-15-12(16)14(13(17)18)7-4-8-14/h10-11H,2-9H2,1H3,(H,15,16)(H,17,18). The average molecular weight is 253 g/mol. The van der Waals surface area contributed by atoms with Crippen LogP contribution in [0.3, 0.4) is 0 Å². The summed E-state index contributed by atoms with van der Waals surface area (Å²) in [5, 5.41) is 12.1. The van der Waals surface area contributed by atoms with E-state index in [-0.39, 0.29) is 5.91 Å². The average Bonchev–Trinajstić information content (AvgIpc) is 2.26. The van der Waals surface area contributed by atoms with Gasteiger partial charge in [0.1, 0.15) is 5.41 Å². The highest BCUT2D eigenvalue weighted by Crippen LogP contribution is 2.41. The number of rotatable bonds is 4. The molecule has 1 amide bonds. The summed E-state index contributed by atoms with van der Waals surface area (Å²) < 4.78 is 0. The Labute approximate surface area is 108 Å². The molecule has 2 aliphatic rings. The summed E-state index contributed by atoms with van der Waals surface area (Å²) in [7, 11) is 0. The second-order valence-corrected chi connectivity index (χ2v) is 5.97. The molecular weight excluding hydrogens is 230 g/mol. The van der Waals surface area contributed by atoms with Crippen molar-refractivity contribution in [2.24, 2.45) is 17.3 Å². The lowest BCUT2D eigenvalue weighted by Gasteiger charge is -2.37. The van der Waals surface area contributed by atoms with Crippen LogP contribution >= 0.6 is 0 Å². The van der Waals surface area contributed by atoms with Crippen LogP contribution in [0.1, 0.15) is 51.9 Å². The number of amides is 1. The Morgan fingerprint density at radius 1 is 1.22 bits per heavy atom. The molecule has 2 saturated carbocycles. The Bertz CT molecular complexity index is 336. The molecule has 4 heteroatoms. The number of carbonyl (C=O) groups excluding carboxylic acids is 1. The Morgan fingerprint density at radius 3 is 2.39 bits per heavy atom. The predicted octanol–water partition coefficient (Wildman–Crippen LogP) is 2.18. The summed E-state index contributed by atoms with van der Waals surface area (Å²) >= 11 is 0. The highest BCUT2D eigenvalue weighted by atomic mass is 16.4. The maximum absolute atomic E-state index is 12.0. The van der Waals surface area contributed by atoms with E-state index in [9.17, 15) is 14.7 Å². The molecule has 0 bridgehead atoms. The number of aliphatic carboxylic acids is 1. The van der Waals surface area contributed by atoms with Gasteiger partial charge in [-0.2, -0.15) is 0 Å². The van der Waals surface area contributed by atoms with Gasteiger partial charge in [0.2, 0.25) is 5.91 Å². The molecular formula is C14H23NO3. The van der Waals surface area contributed by atoms with E-state index in [2.05, 4.69) is 12.2 Å². The second kappa shape index (κ2) is 5.29.